The van der Waals surface area contributed by atoms with Gasteiger partial charge in [0.1, 0.15) is 12.3 Å². The molecule has 1 aliphatic carbocycles. The number of anilines is 1. The Morgan fingerprint density at radius 1 is 1.07 bits per heavy atom. The fourth-order valence-electron chi connectivity index (χ4n) is 5.38. The standard InChI is InChI=1S/C30H30FN3O6S/c1-40-25-16-18(9-12-24(25)31)27(33-21-6-4-5-19(15-21)29(32)36)30(37)34-14-13-20(17-35)28(34)23-7-2-3-8-26(23)41(38,39)22-10-11-22/h2-9,12,15-17,20,22,27-28,33H,10-11,13-14H2,1H3,(H2,32,36)/t20-,27-,28-/m1/s1. The molecule has 0 unspecified atom stereocenters. The average molecular weight is 580 g/mol. The molecule has 0 bridgehead atoms. The zero-order valence-corrected chi connectivity index (χ0v) is 23.1. The van der Waals surface area contributed by atoms with E-state index in [1.165, 1.54) is 48.4 Å². The summed E-state index contributed by atoms with van der Waals surface area (Å²) in [5.74, 6) is -2.43. The van der Waals surface area contributed by atoms with Gasteiger partial charge in [-0.2, -0.15) is 0 Å². The molecule has 3 aromatic rings. The number of nitrogens with two attached hydrogens (primary N) is 1. The lowest BCUT2D eigenvalue weighted by Crippen LogP contribution is -2.39. The monoisotopic (exact) mass is 579 g/mol. The Morgan fingerprint density at radius 3 is 2.51 bits per heavy atom. The second-order valence-corrected chi connectivity index (χ2v) is 12.5. The molecule has 41 heavy (non-hydrogen) atoms. The number of ether oxygens (including phenoxy) is 1. The van der Waals surface area contributed by atoms with Crippen LogP contribution in [0.25, 0.3) is 0 Å². The molecule has 9 nitrogen and oxygen atoms in total. The summed E-state index contributed by atoms with van der Waals surface area (Å²) in [7, 11) is -2.32. The first-order valence-electron chi connectivity index (χ1n) is 13.2. The first-order chi connectivity index (χ1) is 19.6. The Morgan fingerprint density at radius 2 is 1.83 bits per heavy atom. The summed E-state index contributed by atoms with van der Waals surface area (Å²) >= 11 is 0. The van der Waals surface area contributed by atoms with Gasteiger partial charge in [0.2, 0.25) is 11.8 Å². The molecule has 0 aromatic heterocycles. The van der Waals surface area contributed by atoms with Crippen molar-refractivity contribution >= 4 is 33.6 Å². The number of likely N-dealkylation sites (tertiary alicyclic amines) is 1. The molecule has 214 valence electrons. The van der Waals surface area contributed by atoms with Gasteiger partial charge in [0.05, 0.1) is 23.3 Å². The number of primary amides is 1. The van der Waals surface area contributed by atoms with Gasteiger partial charge >= 0.3 is 0 Å². The number of methoxy groups -OCH3 is 1. The largest absolute Gasteiger partial charge is 0.494 e. The Bertz CT molecular complexity index is 1610. The minimum Gasteiger partial charge on any atom is -0.494 e. The first-order valence-corrected chi connectivity index (χ1v) is 14.8. The molecule has 5 rings (SSSR count). The van der Waals surface area contributed by atoms with Crippen LogP contribution < -0.4 is 15.8 Å². The topological polar surface area (TPSA) is 136 Å². The number of benzene rings is 3. The van der Waals surface area contributed by atoms with Gasteiger partial charge in [-0.1, -0.05) is 30.3 Å². The van der Waals surface area contributed by atoms with E-state index in [1.54, 1.807) is 30.3 Å². The van der Waals surface area contributed by atoms with E-state index in [2.05, 4.69) is 5.32 Å². The molecule has 0 radical (unpaired) electrons. The SMILES string of the molecule is COc1cc([C@@H](Nc2cccc(C(N)=O)c2)C(=O)N2CC[C@H](C=O)[C@@H]2c2ccccc2S(=O)(=O)C2CC2)ccc1F. The number of nitrogens with one attached hydrogen (secondary N) is 1. The lowest BCUT2D eigenvalue weighted by atomic mass is 9.94. The number of rotatable bonds is 10. The molecule has 3 aromatic carbocycles. The molecule has 1 aliphatic heterocycles. The molecular formula is C30H30FN3O6S. The first kappa shape index (κ1) is 28.3. The van der Waals surface area contributed by atoms with E-state index < -0.39 is 50.7 Å². The number of aldehydes is 1. The van der Waals surface area contributed by atoms with Crippen molar-refractivity contribution in [3.63, 3.8) is 0 Å². The number of nitrogens with zero attached hydrogens (tertiary/aromatic N) is 1. The van der Waals surface area contributed by atoms with Crippen LogP contribution in [-0.2, 0) is 19.4 Å². The zero-order chi connectivity index (χ0) is 29.3. The third kappa shape index (κ3) is 5.54. The van der Waals surface area contributed by atoms with Crippen molar-refractivity contribution in [2.24, 2.45) is 11.7 Å². The second kappa shape index (κ2) is 11.3. The summed E-state index contributed by atoms with van der Waals surface area (Å²) in [4.78, 5) is 40.0. The summed E-state index contributed by atoms with van der Waals surface area (Å²) in [5.41, 5.74) is 6.83. The van der Waals surface area contributed by atoms with E-state index in [-0.39, 0.29) is 22.8 Å². The number of hydrogen-bond donors (Lipinski definition) is 2. The minimum absolute atomic E-state index is 0.0717. The molecule has 2 amide bonds. The fourth-order valence-corrected chi connectivity index (χ4v) is 7.29. The van der Waals surface area contributed by atoms with Crippen molar-refractivity contribution < 1.29 is 31.9 Å². The van der Waals surface area contributed by atoms with Crippen LogP contribution in [0.4, 0.5) is 10.1 Å². The molecule has 3 atom stereocenters. The summed E-state index contributed by atoms with van der Waals surface area (Å²) < 4.78 is 46.1. The number of amides is 2. The maximum Gasteiger partial charge on any atom is 0.250 e. The van der Waals surface area contributed by atoms with E-state index in [4.69, 9.17) is 10.5 Å². The highest BCUT2D eigenvalue weighted by atomic mass is 32.2. The molecule has 11 heteroatoms. The number of hydrogen-bond acceptors (Lipinski definition) is 7. The molecule has 3 N–H and O–H groups in total. The van der Waals surface area contributed by atoms with Crippen molar-refractivity contribution in [3.8, 4) is 5.75 Å². The van der Waals surface area contributed by atoms with Crippen LogP contribution in [0.2, 0.25) is 0 Å². The van der Waals surface area contributed by atoms with Gasteiger partial charge in [-0.3, -0.25) is 9.59 Å². The van der Waals surface area contributed by atoms with E-state index in [9.17, 15) is 27.2 Å². The predicted octanol–water partition coefficient (Wildman–Crippen LogP) is 3.81. The Balaban J connectivity index is 1.59. The van der Waals surface area contributed by atoms with Gasteiger partial charge in [0.15, 0.2) is 21.4 Å². The van der Waals surface area contributed by atoms with Crippen LogP contribution in [0, 0.1) is 11.7 Å². The quantitative estimate of drug-likeness (QED) is 0.349. The van der Waals surface area contributed by atoms with E-state index >= 15 is 0 Å². The van der Waals surface area contributed by atoms with Gasteiger partial charge < -0.3 is 25.5 Å². The zero-order valence-electron chi connectivity index (χ0n) is 22.3. The third-order valence-electron chi connectivity index (χ3n) is 7.62. The normalized spacial score (nSPS) is 19.4. The maximum atomic E-state index is 14.4. The molecular weight excluding hydrogens is 549 g/mol. The summed E-state index contributed by atoms with van der Waals surface area (Å²) in [5, 5.41) is 2.66. The van der Waals surface area contributed by atoms with E-state index in [0.29, 0.717) is 36.1 Å². The maximum absolute atomic E-state index is 14.4. The van der Waals surface area contributed by atoms with Gasteiger partial charge in [0, 0.05) is 23.7 Å². The number of sulfone groups is 1. The van der Waals surface area contributed by atoms with Crippen molar-refractivity contribution in [3.05, 3.63) is 89.2 Å². The van der Waals surface area contributed by atoms with Gasteiger partial charge in [-0.15, -0.1) is 0 Å². The fraction of sp³-hybridized carbons (Fsp3) is 0.300. The molecule has 1 saturated carbocycles. The highest BCUT2D eigenvalue weighted by Crippen LogP contribution is 2.43. The second-order valence-electron chi connectivity index (χ2n) is 10.3. The molecule has 2 fully saturated rings. The Kier molecular flexibility index (Phi) is 7.81. The van der Waals surface area contributed by atoms with Crippen molar-refractivity contribution in [1.82, 2.24) is 4.90 Å². The summed E-state index contributed by atoms with van der Waals surface area (Å²) in [6.45, 7) is 0.197. The van der Waals surface area contributed by atoms with Crippen molar-refractivity contribution in [2.45, 2.75) is 41.5 Å². The minimum atomic E-state index is -3.63. The van der Waals surface area contributed by atoms with Crippen LogP contribution in [0.3, 0.4) is 0 Å². The number of carbonyl (C=O) groups excluding carboxylic acids is 3. The number of halogens is 1. The van der Waals surface area contributed by atoms with Gasteiger partial charge in [0.25, 0.3) is 0 Å². The van der Waals surface area contributed by atoms with E-state index in [0.717, 1.165) is 6.29 Å². The number of carbonyl (C=O) groups is 3. The van der Waals surface area contributed by atoms with Crippen LogP contribution >= 0.6 is 0 Å². The molecule has 1 saturated heterocycles. The smallest absolute Gasteiger partial charge is 0.250 e. The van der Waals surface area contributed by atoms with E-state index in [1.807, 2.05) is 0 Å². The average Bonchev–Trinajstić information content (AvgIpc) is 3.76. The van der Waals surface area contributed by atoms with Crippen LogP contribution in [0.15, 0.2) is 71.6 Å². The van der Waals surface area contributed by atoms with Crippen LogP contribution in [-0.4, -0.2) is 50.3 Å². The van der Waals surface area contributed by atoms with Gasteiger partial charge in [-0.05, 0) is 66.8 Å². The lowest BCUT2D eigenvalue weighted by Gasteiger charge is -2.32. The lowest BCUT2D eigenvalue weighted by molar-refractivity contribution is -0.133. The predicted molar refractivity (Wildman–Crippen MR) is 150 cm³/mol. The molecule has 1 heterocycles. The highest BCUT2D eigenvalue weighted by molar-refractivity contribution is 7.92. The molecule has 2 aliphatic rings. The third-order valence-corrected chi connectivity index (χ3v) is 9.96. The highest BCUT2D eigenvalue weighted by Gasteiger charge is 2.45. The van der Waals surface area contributed by atoms with Gasteiger partial charge in [-0.25, -0.2) is 12.8 Å². The van der Waals surface area contributed by atoms with Crippen LogP contribution in [0.1, 0.15) is 52.8 Å². The molecule has 0 spiro atoms. The summed E-state index contributed by atoms with van der Waals surface area (Å²) in [6, 6.07) is 14.9. The Labute approximate surface area is 237 Å². The Hall–Kier alpha value is -4.25. The van der Waals surface area contributed by atoms with Crippen LogP contribution in [0.5, 0.6) is 5.75 Å². The van der Waals surface area contributed by atoms with Crippen molar-refractivity contribution in [2.75, 3.05) is 19.0 Å². The summed E-state index contributed by atoms with van der Waals surface area (Å²) in [6.07, 6.45) is 2.25. The van der Waals surface area contributed by atoms with Crippen molar-refractivity contribution in [1.29, 1.82) is 0 Å².